The quantitative estimate of drug-likeness (QED) is 0.684. The number of rotatable bonds is 3. The first-order valence-corrected chi connectivity index (χ1v) is 6.72. The van der Waals surface area contributed by atoms with E-state index >= 15 is 0 Å². The molecule has 0 radical (unpaired) electrons. The average Bonchev–Trinajstić information content (AvgIpc) is 2.75. The molecule has 2 aliphatic heterocycles. The number of hydrogen-bond donors (Lipinski definition) is 0. The lowest BCUT2D eigenvalue weighted by Crippen LogP contribution is -2.37. The van der Waals surface area contributed by atoms with Crippen LogP contribution in [-0.4, -0.2) is 54.9 Å². The van der Waals surface area contributed by atoms with Crippen molar-refractivity contribution in [2.75, 3.05) is 39.1 Å². The van der Waals surface area contributed by atoms with Crippen LogP contribution in [0, 0.1) is 11.8 Å². The van der Waals surface area contributed by atoms with Gasteiger partial charge in [-0.25, -0.2) is 0 Å². The zero-order valence-electron chi connectivity index (χ0n) is 9.95. The molecule has 3 atom stereocenters. The van der Waals surface area contributed by atoms with Crippen molar-refractivity contribution in [1.29, 1.82) is 0 Å². The number of halogens is 1. The van der Waals surface area contributed by atoms with Gasteiger partial charge in [0.25, 0.3) is 0 Å². The normalized spacial score (nSPS) is 39.0. The van der Waals surface area contributed by atoms with E-state index in [0.717, 1.165) is 17.7 Å². The second-order valence-electron chi connectivity index (χ2n) is 5.40. The summed E-state index contributed by atoms with van der Waals surface area (Å²) >= 11 is 6.06. The van der Waals surface area contributed by atoms with Gasteiger partial charge in [0.1, 0.15) is 0 Å². The van der Waals surface area contributed by atoms with E-state index in [4.69, 9.17) is 11.6 Å². The summed E-state index contributed by atoms with van der Waals surface area (Å²) < 4.78 is 0. The lowest BCUT2D eigenvalue weighted by molar-refractivity contribution is 0.212. The van der Waals surface area contributed by atoms with Crippen molar-refractivity contribution >= 4 is 11.6 Å². The predicted molar refractivity (Wildman–Crippen MR) is 65.5 cm³/mol. The van der Waals surface area contributed by atoms with Crippen molar-refractivity contribution < 1.29 is 0 Å². The zero-order chi connectivity index (χ0) is 10.8. The highest BCUT2D eigenvalue weighted by atomic mass is 35.5. The highest BCUT2D eigenvalue weighted by molar-refractivity contribution is 6.18. The molecule has 2 aliphatic rings. The summed E-state index contributed by atoms with van der Waals surface area (Å²) in [6.45, 7) is 7.43. The Hall–Kier alpha value is 0.210. The summed E-state index contributed by atoms with van der Waals surface area (Å²) in [6, 6.07) is 0.637. The number of hydrogen-bond acceptors (Lipinski definition) is 2. The van der Waals surface area contributed by atoms with Crippen LogP contribution in [0.1, 0.15) is 19.8 Å². The van der Waals surface area contributed by atoms with Crippen LogP contribution in [0.5, 0.6) is 0 Å². The van der Waals surface area contributed by atoms with Gasteiger partial charge in [-0.05, 0) is 44.8 Å². The molecule has 0 aromatic rings. The molecule has 0 saturated carbocycles. The summed E-state index contributed by atoms with van der Waals surface area (Å²) in [5.41, 5.74) is 0. The van der Waals surface area contributed by atoms with E-state index in [1.54, 1.807) is 0 Å². The second kappa shape index (κ2) is 5.03. The fourth-order valence-electron chi connectivity index (χ4n) is 3.07. The van der Waals surface area contributed by atoms with Crippen LogP contribution in [-0.2, 0) is 0 Å². The molecule has 2 fully saturated rings. The fourth-order valence-corrected chi connectivity index (χ4v) is 3.57. The van der Waals surface area contributed by atoms with E-state index in [9.17, 15) is 0 Å². The van der Waals surface area contributed by atoms with E-state index in [2.05, 4.69) is 23.8 Å². The largest absolute Gasteiger partial charge is 0.306 e. The molecular weight excluding hydrogens is 208 g/mol. The van der Waals surface area contributed by atoms with Crippen molar-refractivity contribution in [3.05, 3.63) is 0 Å². The van der Waals surface area contributed by atoms with Gasteiger partial charge >= 0.3 is 0 Å². The van der Waals surface area contributed by atoms with Gasteiger partial charge in [-0.15, -0.1) is 11.6 Å². The summed E-state index contributed by atoms with van der Waals surface area (Å²) in [7, 11) is 2.23. The van der Waals surface area contributed by atoms with Crippen LogP contribution >= 0.6 is 11.6 Å². The predicted octanol–water partition coefficient (Wildman–Crippen LogP) is 1.89. The Bertz CT molecular complexity index is 210. The SMILES string of the molecule is CC1CCN(CC2CCN(C)C2)C1CCl. The Morgan fingerprint density at radius 2 is 2.07 bits per heavy atom. The standard InChI is InChI=1S/C12H23ClN2/c1-10-3-6-15(12(10)7-13)9-11-4-5-14(2)8-11/h10-12H,3-9H2,1-2H3. The minimum absolute atomic E-state index is 0.637. The van der Waals surface area contributed by atoms with Gasteiger partial charge in [0.2, 0.25) is 0 Å². The molecule has 3 heteroatoms. The topological polar surface area (TPSA) is 6.48 Å². The molecule has 0 aliphatic carbocycles. The van der Waals surface area contributed by atoms with Crippen LogP contribution in [0.3, 0.4) is 0 Å². The monoisotopic (exact) mass is 230 g/mol. The third-order valence-electron chi connectivity index (χ3n) is 4.14. The van der Waals surface area contributed by atoms with Gasteiger partial charge in [0.05, 0.1) is 0 Å². The van der Waals surface area contributed by atoms with E-state index in [-0.39, 0.29) is 0 Å². The second-order valence-corrected chi connectivity index (χ2v) is 5.71. The average molecular weight is 231 g/mol. The first kappa shape index (κ1) is 11.7. The van der Waals surface area contributed by atoms with Gasteiger partial charge in [-0.1, -0.05) is 6.92 Å². The van der Waals surface area contributed by atoms with E-state index < -0.39 is 0 Å². The molecular formula is C12H23ClN2. The van der Waals surface area contributed by atoms with Crippen molar-refractivity contribution in [1.82, 2.24) is 9.80 Å². The van der Waals surface area contributed by atoms with Gasteiger partial charge < -0.3 is 4.90 Å². The highest BCUT2D eigenvalue weighted by Crippen LogP contribution is 2.27. The van der Waals surface area contributed by atoms with Crippen molar-refractivity contribution in [2.45, 2.75) is 25.8 Å². The van der Waals surface area contributed by atoms with Gasteiger partial charge in [-0.2, -0.15) is 0 Å². The van der Waals surface area contributed by atoms with Crippen LogP contribution in [0.15, 0.2) is 0 Å². The van der Waals surface area contributed by atoms with Gasteiger partial charge in [0.15, 0.2) is 0 Å². The lowest BCUT2D eigenvalue weighted by Gasteiger charge is -2.27. The number of likely N-dealkylation sites (tertiary alicyclic amines) is 2. The molecule has 0 N–H and O–H groups in total. The van der Waals surface area contributed by atoms with Crippen LogP contribution < -0.4 is 0 Å². The zero-order valence-corrected chi connectivity index (χ0v) is 10.7. The number of nitrogens with zero attached hydrogens (tertiary/aromatic N) is 2. The maximum absolute atomic E-state index is 6.06. The van der Waals surface area contributed by atoms with Crippen LogP contribution in [0.2, 0.25) is 0 Å². The number of alkyl halides is 1. The molecule has 2 saturated heterocycles. The molecule has 0 aromatic carbocycles. The van der Waals surface area contributed by atoms with Crippen LogP contribution in [0.25, 0.3) is 0 Å². The molecule has 2 heterocycles. The van der Waals surface area contributed by atoms with Gasteiger partial charge in [-0.3, -0.25) is 4.90 Å². The third kappa shape index (κ3) is 2.66. The molecule has 0 amide bonds. The Labute approximate surface area is 98.6 Å². The highest BCUT2D eigenvalue weighted by Gasteiger charge is 2.32. The summed E-state index contributed by atoms with van der Waals surface area (Å²) in [6.07, 6.45) is 2.70. The Kier molecular flexibility index (Phi) is 3.92. The minimum atomic E-state index is 0.637. The fraction of sp³-hybridized carbons (Fsp3) is 1.00. The lowest BCUT2D eigenvalue weighted by atomic mass is 10.0. The van der Waals surface area contributed by atoms with Crippen molar-refractivity contribution in [3.63, 3.8) is 0 Å². The van der Waals surface area contributed by atoms with Gasteiger partial charge in [0, 0.05) is 25.0 Å². The first-order valence-electron chi connectivity index (χ1n) is 6.19. The Balaban J connectivity index is 1.83. The molecule has 0 bridgehead atoms. The van der Waals surface area contributed by atoms with Crippen molar-refractivity contribution in [2.24, 2.45) is 11.8 Å². The molecule has 15 heavy (non-hydrogen) atoms. The molecule has 0 aromatic heterocycles. The van der Waals surface area contributed by atoms with E-state index in [1.165, 1.54) is 39.0 Å². The maximum Gasteiger partial charge on any atom is 0.0382 e. The molecule has 3 unspecified atom stereocenters. The third-order valence-corrected chi connectivity index (χ3v) is 4.45. The molecule has 88 valence electrons. The first-order chi connectivity index (χ1) is 7.20. The summed E-state index contributed by atoms with van der Waals surface area (Å²) in [5, 5.41) is 0. The summed E-state index contributed by atoms with van der Waals surface area (Å²) in [5.74, 6) is 2.48. The maximum atomic E-state index is 6.06. The van der Waals surface area contributed by atoms with Crippen LogP contribution in [0.4, 0.5) is 0 Å². The Morgan fingerprint density at radius 1 is 1.27 bits per heavy atom. The molecule has 2 rings (SSSR count). The summed E-state index contributed by atoms with van der Waals surface area (Å²) in [4.78, 5) is 5.07. The van der Waals surface area contributed by atoms with E-state index in [1.807, 2.05) is 0 Å². The minimum Gasteiger partial charge on any atom is -0.306 e. The molecule has 2 nitrogen and oxygen atoms in total. The smallest absolute Gasteiger partial charge is 0.0382 e. The Morgan fingerprint density at radius 3 is 2.67 bits per heavy atom. The van der Waals surface area contributed by atoms with E-state index in [0.29, 0.717) is 6.04 Å². The molecule has 0 spiro atoms. The van der Waals surface area contributed by atoms with Crippen molar-refractivity contribution in [3.8, 4) is 0 Å².